The van der Waals surface area contributed by atoms with E-state index in [4.69, 9.17) is 0 Å². The van der Waals surface area contributed by atoms with Crippen LogP contribution in [-0.2, 0) is 17.6 Å². The third-order valence-corrected chi connectivity index (χ3v) is 6.46. The zero-order chi connectivity index (χ0) is 22.4. The molecule has 0 radical (unpaired) electrons. The second-order valence-corrected chi connectivity index (χ2v) is 9.16. The fraction of sp³-hybridized carbons (Fsp3) is 0.500. The molecule has 0 saturated carbocycles. The first-order chi connectivity index (χ1) is 14.1. The molecule has 0 aliphatic carbocycles. The first-order valence-corrected chi connectivity index (χ1v) is 10.8. The van der Waals surface area contributed by atoms with E-state index in [0.717, 1.165) is 11.1 Å². The Morgan fingerprint density at radius 3 is 1.83 bits per heavy atom. The lowest BCUT2D eigenvalue weighted by Crippen LogP contribution is -2.64. The van der Waals surface area contributed by atoms with Crippen LogP contribution in [-0.4, -0.2) is 33.0 Å². The van der Waals surface area contributed by atoms with Crippen molar-refractivity contribution in [1.82, 2.24) is 0 Å². The summed E-state index contributed by atoms with van der Waals surface area (Å²) in [6.07, 6.45) is 0.371. The Labute approximate surface area is 180 Å². The van der Waals surface area contributed by atoms with Crippen LogP contribution in [0.5, 0.6) is 0 Å². The van der Waals surface area contributed by atoms with E-state index in [-0.39, 0.29) is 12.3 Å². The minimum Gasteiger partial charge on any atom is -0.479 e. The lowest BCUT2D eigenvalue weighted by atomic mass is 9.56. The van der Waals surface area contributed by atoms with Crippen molar-refractivity contribution in [2.75, 3.05) is 0 Å². The highest BCUT2D eigenvalue weighted by Gasteiger charge is 2.60. The molecule has 0 saturated heterocycles. The highest BCUT2D eigenvalue weighted by molar-refractivity contribution is 5.79. The van der Waals surface area contributed by atoms with Crippen LogP contribution >= 0.6 is 0 Å². The van der Waals surface area contributed by atoms with Gasteiger partial charge in [-0.2, -0.15) is 0 Å². The van der Waals surface area contributed by atoms with Crippen LogP contribution < -0.4 is 0 Å². The van der Waals surface area contributed by atoms with Crippen molar-refractivity contribution >= 4 is 5.97 Å². The molecule has 3 N–H and O–H groups in total. The molecular formula is C26H36O4. The van der Waals surface area contributed by atoms with Crippen molar-refractivity contribution in [3.8, 4) is 0 Å². The molecule has 0 amide bonds. The summed E-state index contributed by atoms with van der Waals surface area (Å²) < 4.78 is 0. The van der Waals surface area contributed by atoms with Gasteiger partial charge in [0.05, 0.1) is 6.10 Å². The number of hydrogen-bond donors (Lipinski definition) is 3. The summed E-state index contributed by atoms with van der Waals surface area (Å²) in [5.74, 6) is -1.21. The van der Waals surface area contributed by atoms with Gasteiger partial charge in [-0.1, -0.05) is 94.8 Å². The van der Waals surface area contributed by atoms with Gasteiger partial charge in [-0.3, -0.25) is 0 Å². The van der Waals surface area contributed by atoms with E-state index in [2.05, 4.69) is 13.8 Å². The highest BCUT2D eigenvalue weighted by atomic mass is 16.4. The summed E-state index contributed by atoms with van der Waals surface area (Å²) in [5, 5.41) is 33.7. The Morgan fingerprint density at radius 2 is 1.40 bits per heavy atom. The molecule has 4 nitrogen and oxygen atoms in total. The number of hydrogen-bond acceptors (Lipinski definition) is 3. The number of carboxylic acid groups (broad SMARTS) is 1. The first kappa shape index (κ1) is 24.1. The first-order valence-electron chi connectivity index (χ1n) is 10.8. The second kappa shape index (κ2) is 10.2. The Morgan fingerprint density at radius 1 is 0.900 bits per heavy atom. The van der Waals surface area contributed by atoms with Crippen LogP contribution in [0.15, 0.2) is 60.7 Å². The van der Waals surface area contributed by atoms with Crippen LogP contribution in [0.3, 0.4) is 0 Å². The van der Waals surface area contributed by atoms with Crippen LogP contribution in [0.25, 0.3) is 0 Å². The van der Waals surface area contributed by atoms with Crippen molar-refractivity contribution < 1.29 is 20.1 Å². The molecule has 3 atom stereocenters. The number of aliphatic hydroxyl groups is 2. The summed E-state index contributed by atoms with van der Waals surface area (Å²) in [4.78, 5) is 12.6. The zero-order valence-corrected chi connectivity index (χ0v) is 18.6. The summed E-state index contributed by atoms with van der Waals surface area (Å²) in [6, 6.07) is 18.8. The van der Waals surface area contributed by atoms with Gasteiger partial charge in [0.2, 0.25) is 0 Å². The molecule has 164 valence electrons. The summed E-state index contributed by atoms with van der Waals surface area (Å²) >= 11 is 0. The topological polar surface area (TPSA) is 77.8 Å². The van der Waals surface area contributed by atoms with Crippen LogP contribution in [0.4, 0.5) is 0 Å². The van der Waals surface area contributed by atoms with Gasteiger partial charge in [0, 0.05) is 11.8 Å². The highest BCUT2D eigenvalue weighted by Crippen LogP contribution is 2.49. The van der Waals surface area contributed by atoms with Gasteiger partial charge < -0.3 is 15.3 Å². The average molecular weight is 413 g/mol. The minimum absolute atomic E-state index is 0.0503. The average Bonchev–Trinajstić information content (AvgIpc) is 2.69. The quantitative estimate of drug-likeness (QED) is 0.499. The van der Waals surface area contributed by atoms with E-state index in [9.17, 15) is 20.1 Å². The predicted molar refractivity (Wildman–Crippen MR) is 120 cm³/mol. The minimum atomic E-state index is -2.11. The molecule has 0 heterocycles. The van der Waals surface area contributed by atoms with Crippen molar-refractivity contribution in [3.63, 3.8) is 0 Å². The van der Waals surface area contributed by atoms with E-state index in [1.54, 1.807) is 0 Å². The smallest absolute Gasteiger partial charge is 0.336 e. The lowest BCUT2D eigenvalue weighted by Gasteiger charge is -2.51. The van der Waals surface area contributed by atoms with Gasteiger partial charge in [-0.25, -0.2) is 4.79 Å². The lowest BCUT2D eigenvalue weighted by molar-refractivity contribution is -0.203. The second-order valence-electron chi connectivity index (χ2n) is 9.16. The molecule has 0 aliphatic heterocycles. The Balaban J connectivity index is 2.58. The molecule has 0 fully saturated rings. The molecule has 3 unspecified atom stereocenters. The summed E-state index contributed by atoms with van der Waals surface area (Å²) in [7, 11) is 0. The van der Waals surface area contributed by atoms with Crippen molar-refractivity contribution in [2.45, 2.75) is 65.1 Å². The van der Waals surface area contributed by atoms with Gasteiger partial charge in [0.25, 0.3) is 0 Å². The number of aliphatic hydroxyl groups excluding tert-OH is 1. The van der Waals surface area contributed by atoms with Crippen molar-refractivity contribution in [3.05, 3.63) is 71.8 Å². The molecule has 0 aromatic heterocycles. The zero-order valence-electron chi connectivity index (χ0n) is 18.6. The number of rotatable bonds is 11. The molecule has 0 spiro atoms. The van der Waals surface area contributed by atoms with Gasteiger partial charge in [-0.15, -0.1) is 0 Å². The largest absolute Gasteiger partial charge is 0.479 e. The molecule has 0 bridgehead atoms. The third-order valence-electron chi connectivity index (χ3n) is 6.46. The molecule has 2 aromatic rings. The van der Waals surface area contributed by atoms with Crippen LogP contribution in [0.2, 0.25) is 0 Å². The number of benzene rings is 2. The van der Waals surface area contributed by atoms with E-state index >= 15 is 0 Å². The monoisotopic (exact) mass is 412 g/mol. The third kappa shape index (κ3) is 5.11. The number of carbonyl (C=O) groups is 1. The van der Waals surface area contributed by atoms with Gasteiger partial charge in [0.15, 0.2) is 5.60 Å². The molecule has 4 heteroatoms. The maximum absolute atomic E-state index is 12.6. The molecule has 0 aliphatic rings. The number of carboxylic acids is 1. The summed E-state index contributed by atoms with van der Waals surface area (Å²) in [5.41, 5.74) is -1.66. The summed E-state index contributed by atoms with van der Waals surface area (Å²) in [6.45, 7) is 7.97. The number of aliphatic carboxylic acids is 1. The van der Waals surface area contributed by atoms with Crippen LogP contribution in [0, 0.1) is 17.3 Å². The van der Waals surface area contributed by atoms with E-state index in [0.29, 0.717) is 25.2 Å². The molecular weight excluding hydrogens is 376 g/mol. The Kier molecular flexibility index (Phi) is 8.22. The normalized spacial score (nSPS) is 16.8. The SMILES string of the molecule is CC(C)CCC(C(C)C)(C(O)Cc1ccccc1)C(O)(Cc1ccccc1)C(=O)O. The maximum atomic E-state index is 12.6. The van der Waals surface area contributed by atoms with E-state index < -0.39 is 23.1 Å². The van der Waals surface area contributed by atoms with Crippen LogP contribution in [0.1, 0.15) is 51.7 Å². The standard InChI is InChI=1S/C26H36O4/c1-19(2)15-16-25(20(3)4,23(27)17-21-11-7-5-8-12-21)26(30,24(28)29)18-22-13-9-6-10-14-22/h5-14,19-20,23,27,30H,15-18H2,1-4H3,(H,28,29). The van der Waals surface area contributed by atoms with Gasteiger partial charge >= 0.3 is 5.97 Å². The molecule has 2 aromatic carbocycles. The Bertz CT molecular complexity index is 787. The van der Waals surface area contributed by atoms with Crippen molar-refractivity contribution in [1.29, 1.82) is 0 Å². The molecule has 30 heavy (non-hydrogen) atoms. The fourth-order valence-electron chi connectivity index (χ4n) is 4.68. The van der Waals surface area contributed by atoms with E-state index in [1.165, 1.54) is 0 Å². The van der Waals surface area contributed by atoms with Gasteiger partial charge in [-0.05, 0) is 35.8 Å². The van der Waals surface area contributed by atoms with E-state index in [1.807, 2.05) is 74.5 Å². The van der Waals surface area contributed by atoms with Gasteiger partial charge in [0.1, 0.15) is 0 Å². The molecule has 2 rings (SSSR count). The van der Waals surface area contributed by atoms with Crippen molar-refractivity contribution in [2.24, 2.45) is 17.3 Å². The Hall–Kier alpha value is -2.17. The maximum Gasteiger partial charge on any atom is 0.336 e. The fourth-order valence-corrected chi connectivity index (χ4v) is 4.68. The predicted octanol–water partition coefficient (Wildman–Crippen LogP) is 4.73.